The Hall–Kier alpha value is -1.44. The molecule has 1 N–H and O–H groups in total. The van der Waals surface area contributed by atoms with Crippen LogP contribution < -0.4 is 5.32 Å². The maximum absolute atomic E-state index is 6.48. The van der Waals surface area contributed by atoms with E-state index in [-0.39, 0.29) is 6.04 Å². The molecule has 0 bridgehead atoms. The van der Waals surface area contributed by atoms with Gasteiger partial charge in [-0.15, -0.1) is 0 Å². The fourth-order valence-electron chi connectivity index (χ4n) is 3.93. The van der Waals surface area contributed by atoms with Gasteiger partial charge in [-0.25, -0.2) is 0 Å². The first kappa shape index (κ1) is 15.1. The molecule has 0 saturated heterocycles. The smallest absolute Gasteiger partial charge is 0.0568 e. The monoisotopic (exact) mass is 343 g/mol. The lowest BCUT2D eigenvalue weighted by molar-refractivity contribution is 0.425. The number of hydrogen-bond acceptors (Lipinski definition) is 1. The van der Waals surface area contributed by atoms with Crippen molar-refractivity contribution in [2.24, 2.45) is 5.92 Å². The van der Waals surface area contributed by atoms with Crippen LogP contribution in [0.5, 0.6) is 0 Å². The summed E-state index contributed by atoms with van der Waals surface area (Å²) in [4.78, 5) is 0. The van der Waals surface area contributed by atoms with Gasteiger partial charge in [0.15, 0.2) is 0 Å². The maximum atomic E-state index is 6.48. The minimum atomic E-state index is 0.222. The summed E-state index contributed by atoms with van der Waals surface area (Å²) < 4.78 is 0. The van der Waals surface area contributed by atoms with Crippen molar-refractivity contribution in [1.82, 2.24) is 0 Å². The molecule has 1 heterocycles. The molecule has 0 unspecified atom stereocenters. The first-order chi connectivity index (χ1) is 11.2. The van der Waals surface area contributed by atoms with Crippen molar-refractivity contribution in [3.63, 3.8) is 0 Å². The molecule has 118 valence electrons. The molecule has 0 saturated carbocycles. The lowest BCUT2D eigenvalue weighted by Gasteiger charge is -2.38. The molecule has 0 fully saturated rings. The third-order valence-electron chi connectivity index (χ3n) is 5.13. The fraction of sp³-hybridized carbons (Fsp3) is 0.300. The molecule has 0 radical (unpaired) electrons. The molecule has 1 nitrogen and oxygen atoms in total. The van der Waals surface area contributed by atoms with Crippen LogP contribution in [0, 0.1) is 5.92 Å². The van der Waals surface area contributed by atoms with Gasteiger partial charge in [-0.2, -0.15) is 0 Å². The van der Waals surface area contributed by atoms with E-state index in [1.807, 2.05) is 12.1 Å². The number of benzene rings is 2. The summed E-state index contributed by atoms with van der Waals surface area (Å²) >= 11 is 12.5. The molecule has 0 amide bonds. The van der Waals surface area contributed by atoms with Crippen LogP contribution in [0.1, 0.15) is 42.0 Å². The molecule has 2 aliphatic rings. The largest absolute Gasteiger partial charge is 0.378 e. The van der Waals surface area contributed by atoms with Crippen molar-refractivity contribution >= 4 is 28.9 Å². The minimum Gasteiger partial charge on any atom is -0.378 e. The highest BCUT2D eigenvalue weighted by Crippen LogP contribution is 2.51. The number of halogens is 2. The van der Waals surface area contributed by atoms with Crippen LogP contribution in [0.2, 0.25) is 10.0 Å². The quantitative estimate of drug-likeness (QED) is 0.623. The molecule has 1 aliphatic heterocycles. The molecular formula is C20H19Cl2N. The predicted octanol–water partition coefficient (Wildman–Crippen LogP) is 6.38. The second-order valence-corrected chi connectivity index (χ2v) is 7.26. The number of aryl methyl sites for hydroxylation is 1. The fourth-order valence-corrected chi connectivity index (χ4v) is 4.45. The van der Waals surface area contributed by atoms with E-state index < -0.39 is 0 Å². The Morgan fingerprint density at radius 2 is 1.96 bits per heavy atom. The predicted molar refractivity (Wildman–Crippen MR) is 98.6 cm³/mol. The number of nitrogens with one attached hydrogen (secondary N) is 1. The highest BCUT2D eigenvalue weighted by molar-refractivity contribution is 6.35. The van der Waals surface area contributed by atoms with Gasteiger partial charge in [-0.1, -0.05) is 60.5 Å². The van der Waals surface area contributed by atoms with E-state index in [4.69, 9.17) is 23.2 Å². The van der Waals surface area contributed by atoms with Gasteiger partial charge in [0.2, 0.25) is 0 Å². The van der Waals surface area contributed by atoms with E-state index >= 15 is 0 Å². The second-order valence-electron chi connectivity index (χ2n) is 6.42. The van der Waals surface area contributed by atoms with Crippen LogP contribution in [0.4, 0.5) is 5.69 Å². The van der Waals surface area contributed by atoms with Crippen LogP contribution in [-0.4, -0.2) is 0 Å². The van der Waals surface area contributed by atoms with E-state index in [0.29, 0.717) is 16.9 Å². The van der Waals surface area contributed by atoms with Gasteiger partial charge in [0.1, 0.15) is 0 Å². The van der Waals surface area contributed by atoms with Crippen LogP contribution in [0.3, 0.4) is 0 Å². The summed E-state index contributed by atoms with van der Waals surface area (Å²) in [5.74, 6) is 0.975. The van der Waals surface area contributed by atoms with Gasteiger partial charge < -0.3 is 5.32 Å². The Morgan fingerprint density at radius 3 is 2.74 bits per heavy atom. The summed E-state index contributed by atoms with van der Waals surface area (Å²) in [7, 11) is 0. The number of anilines is 1. The van der Waals surface area contributed by atoms with E-state index in [9.17, 15) is 0 Å². The Labute approximate surface area is 147 Å². The normalized spacial score (nSPS) is 24.9. The number of fused-ring (bicyclic) bond motifs is 3. The van der Waals surface area contributed by atoms with Crippen molar-refractivity contribution in [1.29, 1.82) is 0 Å². The average molecular weight is 344 g/mol. The third kappa shape index (κ3) is 2.56. The standard InChI is InChI=1S/C20H19Cl2N/c1-2-12-6-9-19-17(10-12)14-4-3-5-15(14)20(23-19)16-8-7-13(21)11-18(16)22/h3-4,6-11,14-15,20,23H,2,5H2,1H3/t14-,15+,20+/m1/s1. The highest BCUT2D eigenvalue weighted by atomic mass is 35.5. The van der Waals surface area contributed by atoms with Crippen molar-refractivity contribution in [2.45, 2.75) is 31.7 Å². The van der Waals surface area contributed by atoms with Crippen molar-refractivity contribution < 1.29 is 0 Å². The van der Waals surface area contributed by atoms with Gasteiger partial charge in [-0.05, 0) is 53.6 Å². The van der Waals surface area contributed by atoms with Crippen LogP contribution in [0.25, 0.3) is 0 Å². The lowest BCUT2D eigenvalue weighted by atomic mass is 9.76. The number of allylic oxidation sites excluding steroid dienone is 2. The van der Waals surface area contributed by atoms with Crippen LogP contribution in [-0.2, 0) is 6.42 Å². The summed E-state index contributed by atoms with van der Waals surface area (Å²) in [5.41, 5.74) is 5.18. The molecular weight excluding hydrogens is 325 g/mol. The zero-order valence-corrected chi connectivity index (χ0v) is 14.5. The number of hydrogen-bond donors (Lipinski definition) is 1. The average Bonchev–Trinajstić information content (AvgIpc) is 3.04. The minimum absolute atomic E-state index is 0.222. The Morgan fingerprint density at radius 1 is 1.09 bits per heavy atom. The van der Waals surface area contributed by atoms with Crippen LogP contribution in [0.15, 0.2) is 48.6 Å². The second kappa shape index (κ2) is 5.89. The lowest BCUT2D eigenvalue weighted by Crippen LogP contribution is -2.29. The van der Waals surface area contributed by atoms with E-state index in [1.54, 1.807) is 0 Å². The van der Waals surface area contributed by atoms with Crippen molar-refractivity contribution in [3.8, 4) is 0 Å². The molecule has 2 aromatic carbocycles. The molecule has 2 aromatic rings. The third-order valence-corrected chi connectivity index (χ3v) is 5.70. The highest BCUT2D eigenvalue weighted by Gasteiger charge is 2.38. The SMILES string of the molecule is CCc1ccc2c(c1)[C@@H]1C=CC[C@@H]1[C@@H](c1ccc(Cl)cc1Cl)N2. The summed E-state index contributed by atoms with van der Waals surface area (Å²) in [6, 6.07) is 12.8. The van der Waals surface area contributed by atoms with Gasteiger partial charge in [-0.3, -0.25) is 0 Å². The molecule has 0 aromatic heterocycles. The van der Waals surface area contributed by atoms with Gasteiger partial charge in [0.05, 0.1) is 6.04 Å². The molecule has 1 aliphatic carbocycles. The first-order valence-corrected chi connectivity index (χ1v) is 8.94. The van der Waals surface area contributed by atoms with Gasteiger partial charge in [0.25, 0.3) is 0 Å². The Kier molecular flexibility index (Phi) is 3.87. The van der Waals surface area contributed by atoms with E-state index in [1.165, 1.54) is 16.8 Å². The zero-order valence-electron chi connectivity index (χ0n) is 13.0. The first-order valence-electron chi connectivity index (χ1n) is 8.18. The molecule has 3 atom stereocenters. The molecule has 3 heteroatoms. The molecule has 0 spiro atoms. The topological polar surface area (TPSA) is 12.0 Å². The van der Waals surface area contributed by atoms with Crippen LogP contribution >= 0.6 is 23.2 Å². The van der Waals surface area contributed by atoms with E-state index in [0.717, 1.165) is 23.4 Å². The zero-order chi connectivity index (χ0) is 16.0. The Balaban J connectivity index is 1.79. The summed E-state index contributed by atoms with van der Waals surface area (Å²) in [6.45, 7) is 2.20. The van der Waals surface area contributed by atoms with Gasteiger partial charge >= 0.3 is 0 Å². The molecule has 4 rings (SSSR count). The molecule has 23 heavy (non-hydrogen) atoms. The summed E-state index contributed by atoms with van der Waals surface area (Å²) in [6.07, 6.45) is 6.82. The summed E-state index contributed by atoms with van der Waals surface area (Å²) in [5, 5.41) is 5.16. The Bertz CT molecular complexity index is 781. The maximum Gasteiger partial charge on any atom is 0.0568 e. The van der Waals surface area contributed by atoms with Crippen molar-refractivity contribution in [2.75, 3.05) is 5.32 Å². The van der Waals surface area contributed by atoms with E-state index in [2.05, 4.69) is 48.7 Å². The van der Waals surface area contributed by atoms with Crippen molar-refractivity contribution in [3.05, 3.63) is 75.3 Å². The number of rotatable bonds is 2. The van der Waals surface area contributed by atoms with Gasteiger partial charge in [0, 0.05) is 21.7 Å².